The number of hydrogen-bond acceptors (Lipinski definition) is 5. The van der Waals surface area contributed by atoms with E-state index in [9.17, 15) is 4.79 Å². The zero-order valence-corrected chi connectivity index (χ0v) is 12.0. The van der Waals surface area contributed by atoms with Crippen LogP contribution in [0.5, 0.6) is 0 Å². The Hall–Kier alpha value is -1.20. The summed E-state index contributed by atoms with van der Waals surface area (Å²) < 4.78 is 12.7. The summed E-state index contributed by atoms with van der Waals surface area (Å²) in [6.07, 6.45) is 6.58. The van der Waals surface area contributed by atoms with Crippen molar-refractivity contribution in [2.75, 3.05) is 13.7 Å². The summed E-state index contributed by atoms with van der Waals surface area (Å²) in [5.74, 6) is -0.181. The van der Waals surface area contributed by atoms with Gasteiger partial charge >= 0.3 is 5.97 Å². The van der Waals surface area contributed by atoms with E-state index in [0.717, 1.165) is 23.5 Å². The Kier molecular flexibility index (Phi) is 10.2. The Balaban J connectivity index is 4.22. The van der Waals surface area contributed by atoms with Crippen LogP contribution in [0.1, 0.15) is 26.7 Å². The molecule has 0 aliphatic carbocycles. The summed E-state index contributed by atoms with van der Waals surface area (Å²) in [6.45, 7) is 7.87. The second-order valence-corrected chi connectivity index (χ2v) is 4.16. The standard InChI is InChI=1S/C13H21NO3S/c1-5-12(9-10-13(15)17-6-2)8-7-11(3)14-18-16-4/h5,7-8,14H,1,6,9-10H2,2-4H3/b11-7+,12-8+. The van der Waals surface area contributed by atoms with Crippen molar-refractivity contribution in [3.05, 3.63) is 36.1 Å². The smallest absolute Gasteiger partial charge is 0.306 e. The second-order valence-electron chi connectivity index (χ2n) is 3.45. The van der Waals surface area contributed by atoms with E-state index in [-0.39, 0.29) is 5.97 Å². The van der Waals surface area contributed by atoms with Crippen molar-refractivity contribution in [3.8, 4) is 0 Å². The predicted octanol–water partition coefficient (Wildman–Crippen LogP) is 3.15. The van der Waals surface area contributed by atoms with Gasteiger partial charge in [-0.2, -0.15) is 0 Å². The lowest BCUT2D eigenvalue weighted by atomic mass is 10.1. The lowest BCUT2D eigenvalue weighted by Crippen LogP contribution is -2.03. The maximum atomic E-state index is 11.2. The molecule has 0 radical (unpaired) electrons. The first-order chi connectivity index (χ1) is 8.63. The van der Waals surface area contributed by atoms with Crippen LogP contribution in [-0.2, 0) is 13.7 Å². The molecule has 102 valence electrons. The normalized spacial score (nSPS) is 12.2. The summed E-state index contributed by atoms with van der Waals surface area (Å²) in [7, 11) is 1.59. The topological polar surface area (TPSA) is 47.6 Å². The SMILES string of the molecule is C=C/C(=C\C=C(/C)NSOC)CCC(=O)OCC. The van der Waals surface area contributed by atoms with Crippen molar-refractivity contribution in [3.63, 3.8) is 0 Å². The molecule has 0 amide bonds. The van der Waals surface area contributed by atoms with Crippen LogP contribution in [0, 0.1) is 0 Å². The Morgan fingerprint density at radius 1 is 1.39 bits per heavy atom. The Morgan fingerprint density at radius 3 is 2.67 bits per heavy atom. The van der Waals surface area contributed by atoms with Gasteiger partial charge in [0, 0.05) is 12.1 Å². The van der Waals surface area contributed by atoms with Gasteiger partial charge in [0.25, 0.3) is 0 Å². The van der Waals surface area contributed by atoms with Crippen molar-refractivity contribution in [2.24, 2.45) is 0 Å². The molecule has 0 saturated carbocycles. The van der Waals surface area contributed by atoms with Gasteiger partial charge in [-0.25, -0.2) is 0 Å². The average Bonchev–Trinajstić information content (AvgIpc) is 2.36. The third-order valence-electron chi connectivity index (χ3n) is 2.02. The second kappa shape index (κ2) is 10.9. The van der Waals surface area contributed by atoms with Gasteiger partial charge in [-0.3, -0.25) is 4.79 Å². The molecule has 4 nitrogen and oxygen atoms in total. The molecule has 0 heterocycles. The molecule has 1 N–H and O–H groups in total. The highest BCUT2D eigenvalue weighted by Crippen LogP contribution is 2.09. The number of carbonyl (C=O) groups excluding carboxylic acids is 1. The van der Waals surface area contributed by atoms with Gasteiger partial charge in [-0.05, 0) is 31.9 Å². The van der Waals surface area contributed by atoms with Crippen LogP contribution in [0.25, 0.3) is 0 Å². The largest absolute Gasteiger partial charge is 0.466 e. The molecule has 0 aromatic carbocycles. The number of nitrogens with one attached hydrogen (secondary N) is 1. The van der Waals surface area contributed by atoms with Crippen LogP contribution in [0.2, 0.25) is 0 Å². The Labute approximate surface area is 113 Å². The molecule has 0 fully saturated rings. The van der Waals surface area contributed by atoms with Crippen molar-refractivity contribution in [1.82, 2.24) is 4.72 Å². The lowest BCUT2D eigenvalue weighted by molar-refractivity contribution is -0.143. The van der Waals surface area contributed by atoms with Crippen molar-refractivity contribution >= 4 is 18.2 Å². The minimum Gasteiger partial charge on any atom is -0.466 e. The van der Waals surface area contributed by atoms with E-state index in [1.54, 1.807) is 20.1 Å². The highest BCUT2D eigenvalue weighted by atomic mass is 32.2. The van der Waals surface area contributed by atoms with Crippen LogP contribution >= 0.6 is 12.2 Å². The summed E-state index contributed by atoms with van der Waals surface area (Å²) in [5, 5.41) is 0. The zero-order valence-electron chi connectivity index (χ0n) is 11.2. The molecule has 0 rings (SSSR count). The molecule has 0 spiro atoms. The monoisotopic (exact) mass is 271 g/mol. The van der Waals surface area contributed by atoms with Gasteiger partial charge in [-0.15, -0.1) is 0 Å². The quantitative estimate of drug-likeness (QED) is 0.302. The first-order valence-corrected chi connectivity index (χ1v) is 6.49. The van der Waals surface area contributed by atoms with Crippen molar-refractivity contribution in [1.29, 1.82) is 0 Å². The Bertz CT molecular complexity index is 324. The lowest BCUT2D eigenvalue weighted by Gasteiger charge is -2.03. The Morgan fingerprint density at radius 2 is 2.11 bits per heavy atom. The molecule has 0 atom stereocenters. The predicted molar refractivity (Wildman–Crippen MR) is 75.6 cm³/mol. The molecular weight excluding hydrogens is 250 g/mol. The van der Waals surface area contributed by atoms with Gasteiger partial charge in [0.15, 0.2) is 0 Å². The van der Waals surface area contributed by atoms with E-state index >= 15 is 0 Å². The molecule has 0 aliphatic rings. The van der Waals surface area contributed by atoms with Crippen molar-refractivity contribution in [2.45, 2.75) is 26.7 Å². The first kappa shape index (κ1) is 16.8. The third kappa shape index (κ3) is 8.90. The zero-order chi connectivity index (χ0) is 13.8. The maximum Gasteiger partial charge on any atom is 0.306 e. The van der Waals surface area contributed by atoms with Gasteiger partial charge in [0.1, 0.15) is 12.2 Å². The number of esters is 1. The van der Waals surface area contributed by atoms with E-state index in [1.165, 1.54) is 0 Å². The first-order valence-electron chi connectivity index (χ1n) is 5.75. The van der Waals surface area contributed by atoms with E-state index in [2.05, 4.69) is 11.3 Å². The van der Waals surface area contributed by atoms with Crippen LogP contribution in [0.4, 0.5) is 0 Å². The van der Waals surface area contributed by atoms with Crippen LogP contribution in [0.15, 0.2) is 36.1 Å². The van der Waals surface area contributed by atoms with E-state index in [0.29, 0.717) is 19.4 Å². The molecule has 0 saturated heterocycles. The summed E-state index contributed by atoms with van der Waals surface area (Å²) in [4.78, 5) is 11.2. The third-order valence-corrected chi connectivity index (χ3v) is 2.59. The molecule has 18 heavy (non-hydrogen) atoms. The fraction of sp³-hybridized carbons (Fsp3) is 0.462. The van der Waals surface area contributed by atoms with Crippen LogP contribution < -0.4 is 4.72 Å². The molecule has 5 heteroatoms. The number of allylic oxidation sites excluding steroid dienone is 5. The van der Waals surface area contributed by atoms with Crippen molar-refractivity contribution < 1.29 is 13.7 Å². The minimum absolute atomic E-state index is 0.181. The fourth-order valence-electron chi connectivity index (χ4n) is 1.11. The van der Waals surface area contributed by atoms with Gasteiger partial charge in [0.2, 0.25) is 0 Å². The number of ether oxygens (including phenoxy) is 1. The highest BCUT2D eigenvalue weighted by Gasteiger charge is 2.02. The number of carbonyl (C=O) groups is 1. The molecule has 0 aromatic rings. The van der Waals surface area contributed by atoms with E-state index in [1.807, 2.05) is 19.1 Å². The number of rotatable bonds is 9. The molecule has 0 bridgehead atoms. The van der Waals surface area contributed by atoms with Gasteiger partial charge in [-0.1, -0.05) is 18.7 Å². The molecule has 0 aromatic heterocycles. The fourth-order valence-corrected chi connectivity index (χ4v) is 1.39. The number of hydrogen-bond donors (Lipinski definition) is 1. The van der Waals surface area contributed by atoms with Gasteiger partial charge in [0.05, 0.1) is 13.7 Å². The average molecular weight is 271 g/mol. The van der Waals surface area contributed by atoms with E-state index < -0.39 is 0 Å². The van der Waals surface area contributed by atoms with Gasteiger partial charge < -0.3 is 13.6 Å². The van der Waals surface area contributed by atoms with Crippen LogP contribution in [0.3, 0.4) is 0 Å². The molecular formula is C13H21NO3S. The summed E-state index contributed by atoms with van der Waals surface area (Å²) in [6, 6.07) is 0. The molecule has 0 unspecified atom stereocenters. The highest BCUT2D eigenvalue weighted by molar-refractivity contribution is 7.92. The maximum absolute atomic E-state index is 11.2. The summed E-state index contributed by atoms with van der Waals surface area (Å²) in [5.41, 5.74) is 1.95. The summed E-state index contributed by atoms with van der Waals surface area (Å²) >= 11 is 1.15. The van der Waals surface area contributed by atoms with Crippen LogP contribution in [-0.4, -0.2) is 19.7 Å². The molecule has 0 aliphatic heterocycles. The van der Waals surface area contributed by atoms with E-state index in [4.69, 9.17) is 8.92 Å². The minimum atomic E-state index is -0.181.